The summed E-state index contributed by atoms with van der Waals surface area (Å²) in [5, 5.41) is 9.22. The van der Waals surface area contributed by atoms with Crippen molar-refractivity contribution < 1.29 is 14.7 Å². The predicted molar refractivity (Wildman–Crippen MR) is 62.3 cm³/mol. The molecule has 1 aliphatic carbocycles. The Morgan fingerprint density at radius 3 is 2.59 bits per heavy atom. The monoisotopic (exact) mass is 240 g/mol. The third kappa shape index (κ3) is 2.29. The fraction of sp³-hybridized carbons (Fsp3) is 0.833. The van der Waals surface area contributed by atoms with Gasteiger partial charge in [0, 0.05) is 6.54 Å². The molecule has 3 N–H and O–H groups in total. The van der Waals surface area contributed by atoms with Gasteiger partial charge in [-0.3, -0.25) is 4.79 Å². The number of nitrogens with two attached hydrogens (primary N) is 1. The molecule has 0 aromatic carbocycles. The van der Waals surface area contributed by atoms with Gasteiger partial charge in [-0.2, -0.15) is 0 Å². The van der Waals surface area contributed by atoms with Gasteiger partial charge < -0.3 is 15.7 Å². The van der Waals surface area contributed by atoms with Gasteiger partial charge in [0.25, 0.3) is 0 Å². The van der Waals surface area contributed by atoms with Crippen molar-refractivity contribution in [2.24, 2.45) is 11.7 Å². The van der Waals surface area contributed by atoms with Crippen LogP contribution in [0.1, 0.15) is 39.0 Å². The Morgan fingerprint density at radius 2 is 2.12 bits per heavy atom. The van der Waals surface area contributed by atoms with Crippen molar-refractivity contribution in [1.29, 1.82) is 0 Å². The number of likely N-dealkylation sites (tertiary alicyclic amines) is 1. The molecule has 96 valence electrons. The fourth-order valence-corrected chi connectivity index (χ4v) is 2.52. The maximum atomic E-state index is 12.1. The van der Waals surface area contributed by atoms with Crippen LogP contribution >= 0.6 is 0 Å². The van der Waals surface area contributed by atoms with E-state index in [9.17, 15) is 14.7 Å². The summed E-state index contributed by atoms with van der Waals surface area (Å²) in [4.78, 5) is 24.9. The highest BCUT2D eigenvalue weighted by molar-refractivity contribution is 5.92. The molecule has 0 spiro atoms. The molecule has 1 saturated heterocycles. The van der Waals surface area contributed by atoms with E-state index in [1.54, 1.807) is 0 Å². The zero-order valence-corrected chi connectivity index (χ0v) is 10.2. The van der Waals surface area contributed by atoms with E-state index in [1.807, 2.05) is 0 Å². The average molecular weight is 240 g/mol. The second-order valence-corrected chi connectivity index (χ2v) is 5.31. The molecule has 17 heavy (non-hydrogen) atoms. The maximum absolute atomic E-state index is 12.1. The first-order chi connectivity index (χ1) is 7.98. The number of rotatable bonds is 3. The first-order valence-corrected chi connectivity index (χ1v) is 6.30. The molecule has 5 heteroatoms. The number of carboxylic acid groups (broad SMARTS) is 1. The molecule has 1 heterocycles. The highest BCUT2D eigenvalue weighted by atomic mass is 16.4. The summed E-state index contributed by atoms with van der Waals surface area (Å²) in [5.41, 5.74) is 5.11. The Hall–Kier alpha value is -1.10. The van der Waals surface area contributed by atoms with E-state index >= 15 is 0 Å². The second-order valence-electron chi connectivity index (χ2n) is 5.31. The van der Waals surface area contributed by atoms with Crippen LogP contribution in [-0.4, -0.2) is 40.0 Å². The summed E-state index contributed by atoms with van der Waals surface area (Å²) >= 11 is 0. The van der Waals surface area contributed by atoms with Crippen LogP contribution in [0.5, 0.6) is 0 Å². The number of carbonyl (C=O) groups is 2. The molecule has 0 bridgehead atoms. The Labute approximate surface area is 101 Å². The number of nitrogens with zero attached hydrogens (tertiary/aromatic N) is 1. The normalized spacial score (nSPS) is 31.1. The van der Waals surface area contributed by atoms with Crippen molar-refractivity contribution in [3.05, 3.63) is 0 Å². The van der Waals surface area contributed by atoms with Crippen LogP contribution in [0.15, 0.2) is 0 Å². The van der Waals surface area contributed by atoms with Gasteiger partial charge >= 0.3 is 5.97 Å². The van der Waals surface area contributed by atoms with Crippen molar-refractivity contribution in [2.45, 2.75) is 50.6 Å². The summed E-state index contributed by atoms with van der Waals surface area (Å²) in [7, 11) is 0. The molecule has 2 rings (SSSR count). The molecular formula is C12H20N2O3. The van der Waals surface area contributed by atoms with E-state index in [4.69, 9.17) is 5.73 Å². The first kappa shape index (κ1) is 12.4. The van der Waals surface area contributed by atoms with Gasteiger partial charge in [-0.15, -0.1) is 0 Å². The Bertz CT molecular complexity index is 339. The number of piperidine rings is 1. The van der Waals surface area contributed by atoms with Crippen molar-refractivity contribution in [3.63, 3.8) is 0 Å². The zero-order valence-electron chi connectivity index (χ0n) is 10.2. The molecule has 0 radical (unpaired) electrons. The van der Waals surface area contributed by atoms with Crippen molar-refractivity contribution in [1.82, 2.24) is 4.90 Å². The van der Waals surface area contributed by atoms with E-state index in [2.05, 4.69) is 6.92 Å². The van der Waals surface area contributed by atoms with Crippen LogP contribution in [0, 0.1) is 5.92 Å². The van der Waals surface area contributed by atoms with Gasteiger partial charge in [-0.1, -0.05) is 13.3 Å². The number of amides is 1. The quantitative estimate of drug-likeness (QED) is 0.755. The summed E-state index contributed by atoms with van der Waals surface area (Å²) in [6.45, 7) is 2.60. The maximum Gasteiger partial charge on any atom is 0.326 e. The average Bonchev–Trinajstić information content (AvgIpc) is 3.06. The number of hydrogen-bond acceptors (Lipinski definition) is 3. The summed E-state index contributed by atoms with van der Waals surface area (Å²) in [6, 6.07) is -0.678. The van der Waals surface area contributed by atoms with Crippen LogP contribution in [-0.2, 0) is 9.59 Å². The minimum absolute atomic E-state index is 0.167. The molecule has 1 saturated carbocycles. The second kappa shape index (κ2) is 4.29. The predicted octanol–water partition coefficient (Wildman–Crippen LogP) is 0.579. The summed E-state index contributed by atoms with van der Waals surface area (Å²) in [6.07, 6.45) is 3.80. The first-order valence-electron chi connectivity index (χ1n) is 6.30. The van der Waals surface area contributed by atoms with E-state index in [-0.39, 0.29) is 5.91 Å². The Kier molecular flexibility index (Phi) is 3.12. The lowest BCUT2D eigenvalue weighted by atomic mass is 9.88. The highest BCUT2D eigenvalue weighted by Crippen LogP contribution is 2.37. The van der Waals surface area contributed by atoms with Crippen LogP contribution < -0.4 is 5.73 Å². The third-order valence-electron chi connectivity index (χ3n) is 4.05. The lowest BCUT2D eigenvalue weighted by Crippen LogP contribution is -2.55. The van der Waals surface area contributed by atoms with Crippen LogP contribution in [0.3, 0.4) is 0 Å². The number of carboxylic acids is 1. The smallest absolute Gasteiger partial charge is 0.326 e. The molecule has 0 aromatic rings. The van der Waals surface area contributed by atoms with E-state index in [0.29, 0.717) is 31.7 Å². The highest BCUT2D eigenvalue weighted by Gasteiger charge is 2.51. The molecule has 0 aromatic heterocycles. The molecule has 1 amide bonds. The van der Waals surface area contributed by atoms with E-state index in [0.717, 1.165) is 12.8 Å². The Morgan fingerprint density at radius 1 is 1.47 bits per heavy atom. The largest absolute Gasteiger partial charge is 0.480 e. The van der Waals surface area contributed by atoms with E-state index < -0.39 is 17.6 Å². The third-order valence-corrected chi connectivity index (χ3v) is 4.05. The molecule has 5 nitrogen and oxygen atoms in total. The van der Waals surface area contributed by atoms with Crippen LogP contribution in [0.4, 0.5) is 0 Å². The lowest BCUT2D eigenvalue weighted by molar-refractivity contribution is -0.154. The fourth-order valence-electron chi connectivity index (χ4n) is 2.52. The number of carbonyl (C=O) groups excluding carboxylic acids is 1. The van der Waals surface area contributed by atoms with Gasteiger partial charge in [-0.25, -0.2) is 4.79 Å². The molecular weight excluding hydrogens is 220 g/mol. The SMILES string of the molecule is CCC1CCN(C(=O)C2(N)CC2)C(C(=O)O)C1. The van der Waals surface area contributed by atoms with Gasteiger partial charge in [0.1, 0.15) is 6.04 Å². The number of aliphatic carboxylic acids is 1. The van der Waals surface area contributed by atoms with Crippen molar-refractivity contribution in [2.75, 3.05) is 6.54 Å². The molecule has 2 atom stereocenters. The topological polar surface area (TPSA) is 83.6 Å². The van der Waals surface area contributed by atoms with Crippen molar-refractivity contribution in [3.8, 4) is 0 Å². The van der Waals surface area contributed by atoms with Gasteiger partial charge in [-0.05, 0) is 31.6 Å². The molecule has 2 unspecified atom stereocenters. The van der Waals surface area contributed by atoms with Crippen LogP contribution in [0.2, 0.25) is 0 Å². The van der Waals surface area contributed by atoms with Gasteiger partial charge in [0.15, 0.2) is 0 Å². The molecule has 1 aliphatic heterocycles. The molecule has 2 fully saturated rings. The lowest BCUT2D eigenvalue weighted by Gasteiger charge is -2.38. The van der Waals surface area contributed by atoms with Gasteiger partial charge in [0.2, 0.25) is 5.91 Å². The Balaban J connectivity index is 2.10. The number of hydrogen-bond donors (Lipinski definition) is 2. The minimum atomic E-state index is -0.902. The minimum Gasteiger partial charge on any atom is -0.480 e. The standard InChI is InChI=1S/C12H20N2O3/c1-2-8-3-6-14(9(7-8)10(15)16)11(17)12(13)4-5-12/h8-9H,2-7,13H2,1H3,(H,15,16). The summed E-state index contributed by atoms with van der Waals surface area (Å²) in [5.74, 6) is -0.659. The van der Waals surface area contributed by atoms with Crippen molar-refractivity contribution >= 4 is 11.9 Å². The zero-order chi connectivity index (χ0) is 12.6. The van der Waals surface area contributed by atoms with Gasteiger partial charge in [0.05, 0.1) is 5.54 Å². The summed E-state index contributed by atoms with van der Waals surface area (Å²) < 4.78 is 0. The molecule has 2 aliphatic rings. The van der Waals surface area contributed by atoms with Crippen LogP contribution in [0.25, 0.3) is 0 Å². The van der Waals surface area contributed by atoms with E-state index in [1.165, 1.54) is 4.90 Å².